The highest BCUT2D eigenvalue weighted by molar-refractivity contribution is 9.10. The number of rotatable bonds is 4. The molecule has 1 heterocycles. The fourth-order valence-corrected chi connectivity index (χ4v) is 2.06. The molecule has 0 bridgehead atoms. The van der Waals surface area contributed by atoms with Crippen molar-refractivity contribution >= 4 is 27.7 Å². The molecule has 5 heteroatoms. The number of carbonyl (C=O) groups is 2. The molecule has 1 aliphatic rings. The average molecular weight is 277 g/mol. The van der Waals surface area contributed by atoms with Gasteiger partial charge in [0.1, 0.15) is 6.04 Å². The third-order valence-electron chi connectivity index (χ3n) is 2.57. The summed E-state index contributed by atoms with van der Waals surface area (Å²) in [6.07, 6.45) is 1.69. The number of amides is 2. The highest BCUT2D eigenvalue weighted by atomic mass is 79.9. The number of hydrogen-bond acceptors (Lipinski definition) is 2. The van der Waals surface area contributed by atoms with Crippen molar-refractivity contribution in [3.63, 3.8) is 0 Å². The minimum absolute atomic E-state index is 0.0224. The second-order valence-electron chi connectivity index (χ2n) is 3.75. The van der Waals surface area contributed by atoms with Crippen LogP contribution < -0.4 is 5.32 Å². The van der Waals surface area contributed by atoms with Gasteiger partial charge in [-0.15, -0.1) is 0 Å². The van der Waals surface area contributed by atoms with Crippen LogP contribution in [0.2, 0.25) is 0 Å². The molecule has 0 radical (unpaired) electrons. The summed E-state index contributed by atoms with van der Waals surface area (Å²) in [6, 6.07) is -0.355. The first kappa shape index (κ1) is 12.5. The molecule has 2 atom stereocenters. The van der Waals surface area contributed by atoms with Crippen LogP contribution in [-0.4, -0.2) is 40.7 Å². The number of nitrogens with zero attached hydrogens (tertiary/aromatic N) is 1. The van der Waals surface area contributed by atoms with Crippen LogP contribution in [0.3, 0.4) is 0 Å². The van der Waals surface area contributed by atoms with Crippen LogP contribution in [-0.2, 0) is 9.59 Å². The maximum atomic E-state index is 11.6. The van der Waals surface area contributed by atoms with Gasteiger partial charge in [0, 0.05) is 13.1 Å². The van der Waals surface area contributed by atoms with E-state index in [0.29, 0.717) is 13.1 Å². The molecule has 15 heavy (non-hydrogen) atoms. The van der Waals surface area contributed by atoms with Crippen molar-refractivity contribution in [3.8, 4) is 0 Å². The number of hydrogen-bond donors (Lipinski definition) is 1. The van der Waals surface area contributed by atoms with E-state index < -0.39 is 0 Å². The van der Waals surface area contributed by atoms with E-state index >= 15 is 0 Å². The molecule has 4 nitrogen and oxygen atoms in total. The molecule has 0 saturated carbocycles. The van der Waals surface area contributed by atoms with Crippen molar-refractivity contribution in [2.24, 2.45) is 0 Å². The minimum atomic E-state index is -0.355. The molecule has 0 aromatic carbocycles. The van der Waals surface area contributed by atoms with Gasteiger partial charge in [0.2, 0.25) is 11.8 Å². The lowest BCUT2D eigenvalue weighted by atomic mass is 10.2. The Bertz CT molecular complexity index is 258. The summed E-state index contributed by atoms with van der Waals surface area (Å²) in [5.41, 5.74) is 0. The lowest BCUT2D eigenvalue weighted by Gasteiger charge is -2.23. The maximum absolute atomic E-state index is 11.6. The Morgan fingerprint density at radius 3 is 2.87 bits per heavy atom. The molecule has 0 spiro atoms. The van der Waals surface area contributed by atoms with Gasteiger partial charge in [0.15, 0.2) is 0 Å². The average Bonchev–Trinajstić information content (AvgIpc) is 2.55. The van der Waals surface area contributed by atoms with E-state index in [1.54, 1.807) is 11.8 Å². The summed E-state index contributed by atoms with van der Waals surface area (Å²) in [4.78, 5) is 24.8. The molecular formula is C10H17BrN2O2. The summed E-state index contributed by atoms with van der Waals surface area (Å²) in [7, 11) is 0. The van der Waals surface area contributed by atoms with Crippen LogP contribution >= 0.6 is 15.9 Å². The molecule has 2 amide bonds. The molecule has 1 N–H and O–H groups in total. The maximum Gasteiger partial charge on any atom is 0.242 e. The zero-order chi connectivity index (χ0) is 11.4. The van der Waals surface area contributed by atoms with Gasteiger partial charge in [-0.05, 0) is 19.8 Å². The van der Waals surface area contributed by atoms with Crippen LogP contribution in [0, 0.1) is 0 Å². The predicted octanol–water partition coefficient (Wildman–Crippen LogP) is 0.897. The summed E-state index contributed by atoms with van der Waals surface area (Å²) in [5, 5.41) is 2.80. The van der Waals surface area contributed by atoms with E-state index in [2.05, 4.69) is 21.2 Å². The van der Waals surface area contributed by atoms with Crippen molar-refractivity contribution in [1.29, 1.82) is 0 Å². The second-order valence-corrected chi connectivity index (χ2v) is 4.86. The lowest BCUT2D eigenvalue weighted by molar-refractivity contribution is -0.136. The van der Waals surface area contributed by atoms with E-state index in [1.165, 1.54) is 0 Å². The first-order chi connectivity index (χ1) is 7.07. The second kappa shape index (κ2) is 5.49. The Morgan fingerprint density at radius 1 is 1.73 bits per heavy atom. The van der Waals surface area contributed by atoms with Gasteiger partial charge in [0.25, 0.3) is 0 Å². The van der Waals surface area contributed by atoms with Gasteiger partial charge in [0.05, 0.1) is 4.83 Å². The normalized spacial score (nSPS) is 23.0. The van der Waals surface area contributed by atoms with Gasteiger partial charge in [-0.3, -0.25) is 9.59 Å². The quantitative estimate of drug-likeness (QED) is 0.776. The molecule has 1 saturated heterocycles. The van der Waals surface area contributed by atoms with Crippen molar-refractivity contribution in [1.82, 2.24) is 10.2 Å². The minimum Gasteiger partial charge on any atom is -0.354 e. The van der Waals surface area contributed by atoms with E-state index in [1.807, 2.05) is 6.92 Å². The highest BCUT2D eigenvalue weighted by Gasteiger charge is 2.34. The number of likely N-dealkylation sites (tertiary alicyclic amines) is 1. The number of halogens is 1. The molecule has 86 valence electrons. The molecule has 0 aliphatic carbocycles. The number of alkyl halides is 1. The summed E-state index contributed by atoms with van der Waals surface area (Å²) < 4.78 is 0. The molecule has 1 aliphatic heterocycles. The Morgan fingerprint density at radius 2 is 2.40 bits per heavy atom. The van der Waals surface area contributed by atoms with Crippen molar-refractivity contribution in [2.75, 3.05) is 13.1 Å². The Kier molecular flexibility index (Phi) is 4.57. The SMILES string of the molecule is CCCNC(=O)C(C)N1CCC(Br)C1=O. The van der Waals surface area contributed by atoms with Crippen LogP contribution in [0.1, 0.15) is 26.7 Å². The van der Waals surface area contributed by atoms with E-state index in [0.717, 1.165) is 12.8 Å². The molecule has 1 rings (SSSR count). The van der Waals surface area contributed by atoms with E-state index in [9.17, 15) is 9.59 Å². The van der Waals surface area contributed by atoms with Gasteiger partial charge >= 0.3 is 0 Å². The molecular weight excluding hydrogens is 260 g/mol. The Balaban J connectivity index is 2.49. The van der Waals surface area contributed by atoms with Crippen molar-refractivity contribution in [2.45, 2.75) is 37.6 Å². The summed E-state index contributed by atoms with van der Waals surface area (Å²) >= 11 is 3.29. The van der Waals surface area contributed by atoms with Crippen molar-refractivity contribution < 1.29 is 9.59 Å². The topological polar surface area (TPSA) is 49.4 Å². The van der Waals surface area contributed by atoms with Crippen LogP contribution in [0.5, 0.6) is 0 Å². The number of nitrogens with one attached hydrogen (secondary N) is 1. The summed E-state index contributed by atoms with van der Waals surface area (Å²) in [5.74, 6) is -0.0408. The fourth-order valence-electron chi connectivity index (χ4n) is 1.59. The van der Waals surface area contributed by atoms with Crippen LogP contribution in [0.25, 0.3) is 0 Å². The van der Waals surface area contributed by atoms with Gasteiger partial charge in [-0.1, -0.05) is 22.9 Å². The Labute approximate surface area is 98.5 Å². The van der Waals surface area contributed by atoms with Crippen molar-refractivity contribution in [3.05, 3.63) is 0 Å². The Hall–Kier alpha value is -0.580. The van der Waals surface area contributed by atoms with Gasteiger partial charge < -0.3 is 10.2 Å². The standard InChI is InChI=1S/C10H17BrN2O2/c1-3-5-12-9(14)7(2)13-6-4-8(11)10(13)15/h7-8H,3-6H2,1-2H3,(H,12,14). The smallest absolute Gasteiger partial charge is 0.242 e. The first-order valence-electron chi connectivity index (χ1n) is 5.30. The third-order valence-corrected chi connectivity index (χ3v) is 3.42. The molecule has 2 unspecified atom stereocenters. The molecule has 0 aromatic heterocycles. The van der Waals surface area contributed by atoms with Gasteiger partial charge in [-0.2, -0.15) is 0 Å². The monoisotopic (exact) mass is 276 g/mol. The lowest BCUT2D eigenvalue weighted by Crippen LogP contribution is -2.46. The number of carbonyl (C=O) groups excluding carboxylic acids is 2. The largest absolute Gasteiger partial charge is 0.354 e. The highest BCUT2D eigenvalue weighted by Crippen LogP contribution is 2.20. The molecule has 1 fully saturated rings. The fraction of sp³-hybridized carbons (Fsp3) is 0.800. The van der Waals surface area contributed by atoms with Gasteiger partial charge in [-0.25, -0.2) is 0 Å². The molecule has 0 aromatic rings. The zero-order valence-electron chi connectivity index (χ0n) is 9.12. The van der Waals surface area contributed by atoms with E-state index in [-0.39, 0.29) is 22.7 Å². The van der Waals surface area contributed by atoms with E-state index in [4.69, 9.17) is 0 Å². The third kappa shape index (κ3) is 2.93. The van der Waals surface area contributed by atoms with Crippen LogP contribution in [0.4, 0.5) is 0 Å². The first-order valence-corrected chi connectivity index (χ1v) is 6.21. The zero-order valence-corrected chi connectivity index (χ0v) is 10.7. The van der Waals surface area contributed by atoms with Crippen LogP contribution in [0.15, 0.2) is 0 Å². The summed E-state index contributed by atoms with van der Waals surface area (Å²) in [6.45, 7) is 5.10. The predicted molar refractivity (Wildman–Crippen MR) is 61.8 cm³/mol.